The summed E-state index contributed by atoms with van der Waals surface area (Å²) in [7, 11) is 0. The maximum atomic E-state index is 10.9. The second kappa shape index (κ2) is 3.82. The van der Waals surface area contributed by atoms with Crippen molar-refractivity contribution in [2.75, 3.05) is 0 Å². The highest BCUT2D eigenvalue weighted by atomic mass is 16.5. The molecule has 0 bridgehead atoms. The van der Waals surface area contributed by atoms with Gasteiger partial charge in [0.05, 0.1) is 6.10 Å². The van der Waals surface area contributed by atoms with Gasteiger partial charge in [0.1, 0.15) is 11.5 Å². The predicted molar refractivity (Wildman–Crippen MR) is 54.5 cm³/mol. The molecule has 2 nitrogen and oxygen atoms in total. The number of ketones is 1. The molecule has 0 amide bonds. The van der Waals surface area contributed by atoms with E-state index in [-0.39, 0.29) is 5.78 Å². The minimum Gasteiger partial charge on any atom is -0.490 e. The summed E-state index contributed by atoms with van der Waals surface area (Å²) in [6, 6.07) is 7.80. The third-order valence-electron chi connectivity index (χ3n) is 2.18. The monoisotopic (exact) mass is 190 g/mol. The van der Waals surface area contributed by atoms with Crippen LogP contribution in [0.25, 0.3) is 0 Å². The summed E-state index contributed by atoms with van der Waals surface area (Å²) >= 11 is 0. The maximum absolute atomic E-state index is 10.9. The topological polar surface area (TPSA) is 26.3 Å². The predicted octanol–water partition coefficient (Wildman–Crippen LogP) is 2.36. The van der Waals surface area contributed by atoms with Crippen molar-refractivity contribution in [3.05, 3.63) is 29.8 Å². The Kier molecular flexibility index (Phi) is 2.53. The first-order valence-corrected chi connectivity index (χ1v) is 4.99. The van der Waals surface area contributed by atoms with Gasteiger partial charge >= 0.3 is 0 Å². The van der Waals surface area contributed by atoms with Crippen LogP contribution in [-0.4, -0.2) is 11.9 Å². The molecule has 14 heavy (non-hydrogen) atoms. The smallest absolute Gasteiger partial charge is 0.134 e. The number of hydrogen-bond donors (Lipinski definition) is 0. The zero-order valence-corrected chi connectivity index (χ0v) is 8.32. The largest absolute Gasteiger partial charge is 0.490 e. The number of ether oxygens (including phenoxy) is 1. The van der Waals surface area contributed by atoms with Crippen molar-refractivity contribution in [1.29, 1.82) is 0 Å². The summed E-state index contributed by atoms with van der Waals surface area (Å²) in [6.45, 7) is 1.61. The van der Waals surface area contributed by atoms with Gasteiger partial charge < -0.3 is 4.74 Å². The highest BCUT2D eigenvalue weighted by Gasteiger charge is 2.23. The number of rotatable bonds is 4. The molecule has 0 unspecified atom stereocenters. The van der Waals surface area contributed by atoms with Gasteiger partial charge in [-0.3, -0.25) is 4.79 Å². The fourth-order valence-corrected chi connectivity index (χ4v) is 1.39. The van der Waals surface area contributed by atoms with Crippen molar-refractivity contribution < 1.29 is 9.53 Å². The molecule has 0 heterocycles. The number of carbonyl (C=O) groups is 1. The molecule has 0 saturated heterocycles. The molecular weight excluding hydrogens is 176 g/mol. The van der Waals surface area contributed by atoms with E-state index in [1.807, 2.05) is 24.3 Å². The van der Waals surface area contributed by atoms with Gasteiger partial charge in [0, 0.05) is 6.42 Å². The average Bonchev–Trinajstić information content (AvgIpc) is 2.87. The van der Waals surface area contributed by atoms with E-state index in [1.54, 1.807) is 6.92 Å². The molecule has 1 aromatic rings. The van der Waals surface area contributed by atoms with Crippen molar-refractivity contribution in [1.82, 2.24) is 0 Å². The van der Waals surface area contributed by atoms with Crippen LogP contribution in [-0.2, 0) is 11.2 Å². The first-order chi connectivity index (χ1) is 6.74. The Bertz CT molecular complexity index is 340. The van der Waals surface area contributed by atoms with Crippen LogP contribution in [0.1, 0.15) is 25.3 Å². The minimum atomic E-state index is 0.188. The molecule has 0 spiro atoms. The van der Waals surface area contributed by atoms with Crippen LogP contribution in [0.4, 0.5) is 0 Å². The van der Waals surface area contributed by atoms with E-state index in [4.69, 9.17) is 4.74 Å². The SMILES string of the molecule is CC(=O)Cc1cccc(OC2CC2)c1. The van der Waals surface area contributed by atoms with Crippen molar-refractivity contribution in [2.45, 2.75) is 32.3 Å². The zero-order chi connectivity index (χ0) is 9.97. The standard InChI is InChI=1S/C12H14O2/c1-9(13)7-10-3-2-4-12(8-10)14-11-5-6-11/h2-4,8,11H,5-7H2,1H3. The summed E-state index contributed by atoms with van der Waals surface area (Å²) in [6.07, 6.45) is 3.25. The van der Waals surface area contributed by atoms with Gasteiger partial charge in [-0.25, -0.2) is 0 Å². The first-order valence-electron chi connectivity index (χ1n) is 4.99. The number of carbonyl (C=O) groups excluding carboxylic acids is 1. The fourth-order valence-electron chi connectivity index (χ4n) is 1.39. The van der Waals surface area contributed by atoms with E-state index in [9.17, 15) is 4.79 Å². The molecule has 0 N–H and O–H groups in total. The van der Waals surface area contributed by atoms with Crippen LogP contribution in [0.5, 0.6) is 5.75 Å². The molecule has 1 aliphatic carbocycles. The van der Waals surface area contributed by atoms with Crippen LogP contribution in [0.2, 0.25) is 0 Å². The lowest BCUT2D eigenvalue weighted by Crippen LogP contribution is -1.99. The van der Waals surface area contributed by atoms with Crippen molar-refractivity contribution in [2.24, 2.45) is 0 Å². The van der Waals surface area contributed by atoms with Gasteiger partial charge in [-0.05, 0) is 37.5 Å². The van der Waals surface area contributed by atoms with Crippen molar-refractivity contribution in [3.63, 3.8) is 0 Å². The van der Waals surface area contributed by atoms with Gasteiger partial charge in [0.25, 0.3) is 0 Å². The number of hydrogen-bond acceptors (Lipinski definition) is 2. The number of benzene rings is 1. The second-order valence-electron chi connectivity index (χ2n) is 3.84. The fraction of sp³-hybridized carbons (Fsp3) is 0.417. The van der Waals surface area contributed by atoms with Gasteiger partial charge in [0.2, 0.25) is 0 Å². The van der Waals surface area contributed by atoms with Gasteiger partial charge in [-0.15, -0.1) is 0 Å². The maximum Gasteiger partial charge on any atom is 0.134 e. The lowest BCUT2D eigenvalue weighted by Gasteiger charge is -2.05. The summed E-state index contributed by atoms with van der Waals surface area (Å²) < 4.78 is 5.64. The minimum absolute atomic E-state index is 0.188. The third kappa shape index (κ3) is 2.59. The normalized spacial score (nSPS) is 15.2. The molecular formula is C12H14O2. The Balaban J connectivity index is 2.05. The van der Waals surface area contributed by atoms with E-state index >= 15 is 0 Å². The van der Waals surface area contributed by atoms with E-state index in [0.29, 0.717) is 12.5 Å². The molecule has 74 valence electrons. The Labute approximate surface area is 83.9 Å². The molecule has 2 rings (SSSR count). The van der Waals surface area contributed by atoms with Gasteiger partial charge in [-0.1, -0.05) is 12.1 Å². The molecule has 0 aromatic heterocycles. The number of Topliss-reactive ketones (excluding diaryl/α,β-unsaturated/α-hetero) is 1. The van der Waals surface area contributed by atoms with E-state index in [2.05, 4.69) is 0 Å². The molecule has 1 fully saturated rings. The lowest BCUT2D eigenvalue weighted by atomic mass is 10.1. The molecule has 0 radical (unpaired) electrons. The van der Waals surface area contributed by atoms with Gasteiger partial charge in [-0.2, -0.15) is 0 Å². The summed E-state index contributed by atoms with van der Waals surface area (Å²) in [5, 5.41) is 0. The lowest BCUT2D eigenvalue weighted by molar-refractivity contribution is -0.116. The summed E-state index contributed by atoms with van der Waals surface area (Å²) in [5.41, 5.74) is 1.04. The van der Waals surface area contributed by atoms with Crippen LogP contribution >= 0.6 is 0 Å². The van der Waals surface area contributed by atoms with E-state index < -0.39 is 0 Å². The average molecular weight is 190 g/mol. The summed E-state index contributed by atoms with van der Waals surface area (Å²) in [4.78, 5) is 10.9. The molecule has 1 saturated carbocycles. The van der Waals surface area contributed by atoms with Crippen molar-refractivity contribution in [3.8, 4) is 5.75 Å². The van der Waals surface area contributed by atoms with Crippen LogP contribution < -0.4 is 4.74 Å². The third-order valence-corrected chi connectivity index (χ3v) is 2.18. The van der Waals surface area contributed by atoms with Crippen LogP contribution in [0.15, 0.2) is 24.3 Å². The highest BCUT2D eigenvalue weighted by Crippen LogP contribution is 2.27. The summed E-state index contributed by atoms with van der Waals surface area (Å²) in [5.74, 6) is 1.08. The first kappa shape index (κ1) is 9.25. The Hall–Kier alpha value is -1.31. The van der Waals surface area contributed by atoms with E-state index in [0.717, 1.165) is 24.2 Å². The molecule has 0 aliphatic heterocycles. The molecule has 1 aromatic carbocycles. The van der Waals surface area contributed by atoms with Crippen molar-refractivity contribution >= 4 is 5.78 Å². The Morgan fingerprint density at radius 1 is 1.50 bits per heavy atom. The molecule has 0 atom stereocenters. The van der Waals surface area contributed by atoms with E-state index in [1.165, 1.54) is 0 Å². The highest BCUT2D eigenvalue weighted by molar-refractivity contribution is 5.78. The zero-order valence-electron chi connectivity index (χ0n) is 8.32. The quantitative estimate of drug-likeness (QED) is 0.728. The Morgan fingerprint density at radius 3 is 2.93 bits per heavy atom. The van der Waals surface area contributed by atoms with Crippen LogP contribution in [0, 0.1) is 0 Å². The van der Waals surface area contributed by atoms with Gasteiger partial charge in [0.15, 0.2) is 0 Å². The second-order valence-corrected chi connectivity index (χ2v) is 3.84. The molecule has 2 heteroatoms. The van der Waals surface area contributed by atoms with Crippen LogP contribution in [0.3, 0.4) is 0 Å². The molecule has 1 aliphatic rings. The Morgan fingerprint density at radius 2 is 2.29 bits per heavy atom.